The minimum Gasteiger partial charge on any atom is -0.206 e. The molecule has 0 amide bonds. The fourth-order valence-electron chi connectivity index (χ4n) is 5.79. The molecule has 0 spiro atoms. The van der Waals surface area contributed by atoms with Crippen molar-refractivity contribution < 1.29 is 8.78 Å². The van der Waals surface area contributed by atoms with Crippen LogP contribution in [0.5, 0.6) is 0 Å². The second-order valence-corrected chi connectivity index (χ2v) is 9.96. The molecule has 0 aliphatic rings. The second kappa shape index (κ2) is 9.91. The topological polar surface area (TPSA) is 0 Å². The van der Waals surface area contributed by atoms with E-state index >= 15 is 8.78 Å². The molecule has 2 heteroatoms. The first kappa shape index (κ1) is 24.0. The number of hydrogen-bond donors (Lipinski definition) is 0. The van der Waals surface area contributed by atoms with Crippen LogP contribution >= 0.6 is 0 Å². The van der Waals surface area contributed by atoms with E-state index in [9.17, 15) is 0 Å². The third kappa shape index (κ3) is 4.06. The van der Waals surface area contributed by atoms with Crippen LogP contribution in [0.15, 0.2) is 146 Å². The van der Waals surface area contributed by atoms with Crippen LogP contribution in [0.3, 0.4) is 0 Å². The van der Waals surface area contributed by atoms with Crippen LogP contribution in [0, 0.1) is 11.6 Å². The fourth-order valence-corrected chi connectivity index (χ4v) is 5.79. The highest BCUT2D eigenvalue weighted by atomic mass is 19.1. The molecule has 7 aromatic rings. The smallest absolute Gasteiger partial charge is 0.131 e. The molecule has 0 unspecified atom stereocenters. The fraction of sp³-hybridized carbons (Fsp3) is 0. The van der Waals surface area contributed by atoms with Crippen molar-refractivity contribution in [3.05, 3.63) is 157 Å². The van der Waals surface area contributed by atoms with Crippen molar-refractivity contribution in [1.29, 1.82) is 0 Å². The quantitative estimate of drug-likeness (QED) is 0.203. The van der Waals surface area contributed by atoms with Gasteiger partial charge in [-0.2, -0.15) is 0 Å². The first-order valence-corrected chi connectivity index (χ1v) is 13.3. The molecule has 0 aliphatic carbocycles. The zero-order valence-corrected chi connectivity index (χ0v) is 21.6. The predicted molar refractivity (Wildman–Crippen MR) is 163 cm³/mol. The number of fused-ring (bicyclic) bond motifs is 2. The number of rotatable bonds is 4. The Kier molecular flexibility index (Phi) is 5.94. The van der Waals surface area contributed by atoms with E-state index in [1.807, 2.05) is 109 Å². The van der Waals surface area contributed by atoms with Gasteiger partial charge in [-0.05, 0) is 79.2 Å². The highest BCUT2D eigenvalue weighted by molar-refractivity contribution is 6.21. The van der Waals surface area contributed by atoms with E-state index in [0.29, 0.717) is 11.1 Å². The summed E-state index contributed by atoms with van der Waals surface area (Å²) in [6.07, 6.45) is 0. The van der Waals surface area contributed by atoms with Gasteiger partial charge < -0.3 is 0 Å². The lowest BCUT2D eigenvalue weighted by molar-refractivity contribution is 0.631. The Morgan fingerprint density at radius 2 is 0.625 bits per heavy atom. The van der Waals surface area contributed by atoms with Crippen LogP contribution in [-0.4, -0.2) is 0 Å². The molecule has 0 bridgehead atoms. The summed E-state index contributed by atoms with van der Waals surface area (Å²) in [5, 5.41) is 4.25. The standard InChI is InChI=1S/C38H24F2/c39-35-21-19-27(23-33(35)25-11-3-1-4-12-25)37-29-15-7-9-17-31(29)38(32-18-10-8-16-30(32)37)28-20-22-36(40)34(24-28)26-13-5-2-6-14-26/h1-24H. The van der Waals surface area contributed by atoms with Gasteiger partial charge in [-0.3, -0.25) is 0 Å². The minimum absolute atomic E-state index is 0.250. The third-order valence-corrected chi connectivity index (χ3v) is 7.61. The van der Waals surface area contributed by atoms with E-state index in [0.717, 1.165) is 54.9 Å². The lowest BCUT2D eigenvalue weighted by atomic mass is 9.85. The zero-order valence-electron chi connectivity index (χ0n) is 21.6. The van der Waals surface area contributed by atoms with Crippen molar-refractivity contribution in [1.82, 2.24) is 0 Å². The highest BCUT2D eigenvalue weighted by Gasteiger charge is 2.19. The van der Waals surface area contributed by atoms with Gasteiger partial charge in [0.25, 0.3) is 0 Å². The molecule has 0 heterocycles. The van der Waals surface area contributed by atoms with Crippen molar-refractivity contribution in [3.8, 4) is 44.5 Å². The largest absolute Gasteiger partial charge is 0.206 e. The molecule has 0 fully saturated rings. The maximum atomic E-state index is 15.1. The van der Waals surface area contributed by atoms with Crippen LogP contribution in [0.1, 0.15) is 0 Å². The summed E-state index contributed by atoms with van der Waals surface area (Å²) in [5.41, 5.74) is 6.82. The van der Waals surface area contributed by atoms with E-state index in [-0.39, 0.29) is 11.6 Å². The van der Waals surface area contributed by atoms with Gasteiger partial charge in [0.05, 0.1) is 0 Å². The molecule has 0 atom stereocenters. The van der Waals surface area contributed by atoms with E-state index in [1.165, 1.54) is 0 Å². The molecular formula is C38H24F2. The summed E-state index contributed by atoms with van der Waals surface area (Å²) in [5.74, 6) is -0.500. The SMILES string of the molecule is Fc1ccc(-c2c3ccccc3c(-c3ccc(F)c(-c4ccccc4)c3)c3ccccc23)cc1-c1ccccc1. The van der Waals surface area contributed by atoms with E-state index < -0.39 is 0 Å². The summed E-state index contributed by atoms with van der Waals surface area (Å²) in [6, 6.07) is 46.6. The van der Waals surface area contributed by atoms with Gasteiger partial charge in [-0.25, -0.2) is 8.78 Å². The average Bonchev–Trinajstić information content (AvgIpc) is 3.01. The molecular weight excluding hydrogens is 494 g/mol. The summed E-state index contributed by atoms with van der Waals surface area (Å²) in [7, 11) is 0. The average molecular weight is 519 g/mol. The number of benzene rings is 7. The van der Waals surface area contributed by atoms with Crippen LogP contribution in [0.25, 0.3) is 66.1 Å². The van der Waals surface area contributed by atoms with Gasteiger partial charge >= 0.3 is 0 Å². The third-order valence-electron chi connectivity index (χ3n) is 7.61. The molecule has 7 aromatic carbocycles. The van der Waals surface area contributed by atoms with Crippen molar-refractivity contribution in [2.75, 3.05) is 0 Å². The lowest BCUT2D eigenvalue weighted by Crippen LogP contribution is -1.93. The molecule has 0 radical (unpaired) electrons. The van der Waals surface area contributed by atoms with Crippen LogP contribution in [0.4, 0.5) is 8.78 Å². The molecule has 0 N–H and O–H groups in total. The number of halogens is 2. The molecule has 0 saturated heterocycles. The van der Waals surface area contributed by atoms with Crippen molar-refractivity contribution in [3.63, 3.8) is 0 Å². The summed E-state index contributed by atoms with van der Waals surface area (Å²) in [6.45, 7) is 0. The van der Waals surface area contributed by atoms with E-state index in [2.05, 4.69) is 24.3 Å². The molecule has 0 nitrogen and oxygen atoms in total. The molecule has 0 aliphatic heterocycles. The maximum Gasteiger partial charge on any atom is 0.131 e. The highest BCUT2D eigenvalue weighted by Crippen LogP contribution is 2.45. The normalized spacial score (nSPS) is 11.2. The Morgan fingerprint density at radius 1 is 0.300 bits per heavy atom. The van der Waals surface area contributed by atoms with Crippen LogP contribution < -0.4 is 0 Å². The monoisotopic (exact) mass is 518 g/mol. The number of hydrogen-bond acceptors (Lipinski definition) is 0. The summed E-state index contributed by atoms with van der Waals surface area (Å²) in [4.78, 5) is 0. The first-order valence-electron chi connectivity index (χ1n) is 13.3. The van der Waals surface area contributed by atoms with Crippen LogP contribution in [0.2, 0.25) is 0 Å². The minimum atomic E-state index is -0.250. The molecule has 0 saturated carbocycles. The Bertz CT molecular complexity index is 1800. The van der Waals surface area contributed by atoms with Gasteiger partial charge in [-0.1, -0.05) is 121 Å². The molecule has 7 rings (SSSR count). The van der Waals surface area contributed by atoms with Crippen molar-refractivity contribution >= 4 is 21.5 Å². The zero-order chi connectivity index (χ0) is 27.1. The summed E-state index contributed by atoms with van der Waals surface area (Å²) < 4.78 is 30.1. The first-order chi connectivity index (χ1) is 19.7. The van der Waals surface area contributed by atoms with E-state index in [1.54, 1.807) is 12.1 Å². The molecule has 40 heavy (non-hydrogen) atoms. The van der Waals surface area contributed by atoms with Gasteiger partial charge in [-0.15, -0.1) is 0 Å². The Balaban J connectivity index is 1.53. The van der Waals surface area contributed by atoms with Crippen LogP contribution in [-0.2, 0) is 0 Å². The Morgan fingerprint density at radius 3 is 0.975 bits per heavy atom. The van der Waals surface area contributed by atoms with Gasteiger partial charge in [0, 0.05) is 11.1 Å². The van der Waals surface area contributed by atoms with E-state index in [4.69, 9.17) is 0 Å². The maximum absolute atomic E-state index is 15.1. The summed E-state index contributed by atoms with van der Waals surface area (Å²) >= 11 is 0. The lowest BCUT2D eigenvalue weighted by Gasteiger charge is -2.19. The van der Waals surface area contributed by atoms with Gasteiger partial charge in [0.15, 0.2) is 0 Å². The predicted octanol–water partition coefficient (Wildman–Crippen LogP) is 10.9. The van der Waals surface area contributed by atoms with Gasteiger partial charge in [0.2, 0.25) is 0 Å². The Labute approximate surface area is 231 Å². The van der Waals surface area contributed by atoms with Gasteiger partial charge in [0.1, 0.15) is 11.6 Å². The van der Waals surface area contributed by atoms with Crippen molar-refractivity contribution in [2.24, 2.45) is 0 Å². The molecule has 0 aromatic heterocycles. The van der Waals surface area contributed by atoms with Crippen molar-refractivity contribution in [2.45, 2.75) is 0 Å². The molecule has 190 valence electrons. The second-order valence-electron chi connectivity index (χ2n) is 9.96. The Hall–Kier alpha value is -5.08.